The number of nitrogens with one attached hydrogen (secondary N) is 1. The Labute approximate surface area is 129 Å². The van der Waals surface area contributed by atoms with E-state index in [0.29, 0.717) is 17.3 Å². The number of amides is 1. The Balaban J connectivity index is 1.74. The van der Waals surface area contributed by atoms with Crippen molar-refractivity contribution in [1.82, 2.24) is 9.88 Å². The third kappa shape index (κ3) is 3.06. The zero-order valence-electron chi connectivity index (χ0n) is 12.1. The quantitative estimate of drug-likeness (QED) is 0.944. The molecule has 0 spiro atoms. The van der Waals surface area contributed by atoms with Gasteiger partial charge >= 0.3 is 0 Å². The second-order valence-corrected chi connectivity index (χ2v) is 5.97. The van der Waals surface area contributed by atoms with Crippen LogP contribution >= 0.6 is 11.6 Å². The van der Waals surface area contributed by atoms with Crippen LogP contribution in [0.1, 0.15) is 29.8 Å². The van der Waals surface area contributed by atoms with Crippen molar-refractivity contribution in [1.29, 1.82) is 0 Å². The van der Waals surface area contributed by atoms with Crippen LogP contribution in [0.5, 0.6) is 0 Å². The van der Waals surface area contributed by atoms with E-state index in [1.54, 1.807) is 4.90 Å². The van der Waals surface area contributed by atoms with E-state index in [-0.39, 0.29) is 12.0 Å². The third-order valence-electron chi connectivity index (χ3n) is 3.94. The summed E-state index contributed by atoms with van der Waals surface area (Å²) in [5.41, 5.74) is 1.45. The zero-order valence-corrected chi connectivity index (χ0v) is 12.8. The maximum absolute atomic E-state index is 12.5. The summed E-state index contributed by atoms with van der Waals surface area (Å²) < 4.78 is 5.69. The molecule has 1 saturated heterocycles. The summed E-state index contributed by atoms with van der Waals surface area (Å²) in [6.45, 7) is 1.43. The lowest BCUT2D eigenvalue weighted by molar-refractivity contribution is -0.000272. The molecule has 112 valence electrons. The van der Waals surface area contributed by atoms with E-state index in [9.17, 15) is 4.79 Å². The standard InChI is InChI=1S/C16H19ClN2O2/c1-19(10-11-5-2-3-8-21-11)16(20)15-9-12-13(17)6-4-7-14(12)18-15/h4,6-7,9,11,18H,2-3,5,8,10H2,1H3/t11-/m0/s1. The molecule has 1 amide bonds. The molecule has 0 unspecified atom stereocenters. The largest absolute Gasteiger partial charge is 0.376 e. The fraction of sp³-hybridized carbons (Fsp3) is 0.438. The predicted molar refractivity (Wildman–Crippen MR) is 83.9 cm³/mol. The lowest BCUT2D eigenvalue weighted by Crippen LogP contribution is -2.37. The number of hydrogen-bond donors (Lipinski definition) is 1. The van der Waals surface area contributed by atoms with Crippen molar-refractivity contribution in [2.45, 2.75) is 25.4 Å². The van der Waals surface area contributed by atoms with Gasteiger partial charge in [0.1, 0.15) is 5.69 Å². The van der Waals surface area contributed by atoms with E-state index >= 15 is 0 Å². The van der Waals surface area contributed by atoms with E-state index in [4.69, 9.17) is 16.3 Å². The number of benzene rings is 1. The summed E-state index contributed by atoms with van der Waals surface area (Å²) in [5, 5.41) is 1.53. The van der Waals surface area contributed by atoms with Crippen LogP contribution in [-0.2, 0) is 4.74 Å². The molecule has 0 bridgehead atoms. The van der Waals surface area contributed by atoms with Gasteiger partial charge < -0.3 is 14.6 Å². The van der Waals surface area contributed by atoms with Gasteiger partial charge in [0.05, 0.1) is 6.10 Å². The molecule has 2 aromatic rings. The van der Waals surface area contributed by atoms with Crippen molar-refractivity contribution < 1.29 is 9.53 Å². The minimum Gasteiger partial charge on any atom is -0.376 e. The Morgan fingerprint density at radius 1 is 1.48 bits per heavy atom. The first-order valence-corrected chi connectivity index (χ1v) is 7.67. The molecule has 2 heterocycles. The summed E-state index contributed by atoms with van der Waals surface area (Å²) >= 11 is 6.15. The number of hydrogen-bond acceptors (Lipinski definition) is 2. The molecule has 1 N–H and O–H groups in total. The molecular formula is C16H19ClN2O2. The van der Waals surface area contributed by atoms with Gasteiger partial charge in [-0.05, 0) is 37.5 Å². The van der Waals surface area contributed by atoms with Crippen LogP contribution in [-0.4, -0.2) is 42.1 Å². The number of rotatable bonds is 3. The molecule has 1 aliphatic heterocycles. The zero-order chi connectivity index (χ0) is 14.8. The van der Waals surface area contributed by atoms with Gasteiger partial charge in [-0.1, -0.05) is 17.7 Å². The topological polar surface area (TPSA) is 45.3 Å². The van der Waals surface area contributed by atoms with E-state index in [0.717, 1.165) is 30.4 Å². The number of H-pyrrole nitrogens is 1. The Morgan fingerprint density at radius 2 is 2.33 bits per heavy atom. The highest BCUT2D eigenvalue weighted by Gasteiger charge is 2.21. The molecule has 5 heteroatoms. The SMILES string of the molecule is CN(C[C@@H]1CCCCO1)C(=O)c1cc2c(Cl)cccc2[nH]1. The van der Waals surface area contributed by atoms with Crippen molar-refractivity contribution in [2.24, 2.45) is 0 Å². The van der Waals surface area contributed by atoms with E-state index in [1.807, 2.05) is 31.3 Å². The van der Waals surface area contributed by atoms with Crippen molar-refractivity contribution in [2.75, 3.05) is 20.2 Å². The second kappa shape index (κ2) is 6.08. The minimum atomic E-state index is -0.0311. The molecule has 21 heavy (non-hydrogen) atoms. The van der Waals surface area contributed by atoms with Crippen LogP contribution in [0.2, 0.25) is 5.02 Å². The van der Waals surface area contributed by atoms with Crippen LogP contribution < -0.4 is 0 Å². The fourth-order valence-corrected chi connectivity index (χ4v) is 3.01. The molecule has 1 aliphatic rings. The minimum absolute atomic E-state index is 0.0311. The Morgan fingerprint density at radius 3 is 3.05 bits per heavy atom. The van der Waals surface area contributed by atoms with Crippen molar-refractivity contribution in [3.63, 3.8) is 0 Å². The number of halogens is 1. The van der Waals surface area contributed by atoms with Gasteiger partial charge in [0.15, 0.2) is 0 Å². The molecule has 0 saturated carbocycles. The van der Waals surface area contributed by atoms with Gasteiger partial charge in [0, 0.05) is 36.1 Å². The second-order valence-electron chi connectivity index (χ2n) is 5.56. The lowest BCUT2D eigenvalue weighted by Gasteiger charge is -2.27. The van der Waals surface area contributed by atoms with E-state index < -0.39 is 0 Å². The first-order valence-electron chi connectivity index (χ1n) is 7.29. The van der Waals surface area contributed by atoms with Crippen LogP contribution in [0.4, 0.5) is 0 Å². The summed E-state index contributed by atoms with van der Waals surface area (Å²) in [7, 11) is 1.81. The smallest absolute Gasteiger partial charge is 0.270 e. The highest BCUT2D eigenvalue weighted by molar-refractivity contribution is 6.35. The van der Waals surface area contributed by atoms with E-state index in [2.05, 4.69) is 4.98 Å². The Bertz CT molecular complexity index is 647. The molecule has 1 aromatic carbocycles. The van der Waals surface area contributed by atoms with Gasteiger partial charge in [0.25, 0.3) is 5.91 Å². The van der Waals surface area contributed by atoms with Crippen molar-refractivity contribution in [3.8, 4) is 0 Å². The van der Waals surface area contributed by atoms with Crippen LogP contribution in [0.3, 0.4) is 0 Å². The normalized spacial score (nSPS) is 18.9. The van der Waals surface area contributed by atoms with E-state index in [1.165, 1.54) is 6.42 Å². The number of carbonyl (C=O) groups is 1. The molecule has 3 rings (SSSR count). The van der Waals surface area contributed by atoms with Gasteiger partial charge in [0.2, 0.25) is 0 Å². The highest BCUT2D eigenvalue weighted by Crippen LogP contribution is 2.24. The molecule has 0 radical (unpaired) electrons. The Kier molecular flexibility index (Phi) is 4.17. The first kappa shape index (κ1) is 14.4. The number of aromatic nitrogens is 1. The molecular weight excluding hydrogens is 288 g/mol. The number of likely N-dealkylation sites (N-methyl/N-ethyl adjacent to an activating group) is 1. The molecule has 0 aliphatic carbocycles. The van der Waals surface area contributed by atoms with Gasteiger partial charge in [-0.3, -0.25) is 4.79 Å². The van der Waals surface area contributed by atoms with Gasteiger partial charge in [-0.25, -0.2) is 0 Å². The summed E-state index contributed by atoms with van der Waals surface area (Å²) in [5.74, 6) is -0.0311. The lowest BCUT2D eigenvalue weighted by atomic mass is 10.1. The Hall–Kier alpha value is -1.52. The summed E-state index contributed by atoms with van der Waals surface area (Å²) in [4.78, 5) is 17.4. The average molecular weight is 307 g/mol. The first-order chi connectivity index (χ1) is 10.1. The number of fused-ring (bicyclic) bond motifs is 1. The van der Waals surface area contributed by atoms with Gasteiger partial charge in [-0.15, -0.1) is 0 Å². The molecule has 1 atom stereocenters. The third-order valence-corrected chi connectivity index (χ3v) is 4.27. The highest BCUT2D eigenvalue weighted by atomic mass is 35.5. The van der Waals surface area contributed by atoms with Crippen LogP contribution in [0.25, 0.3) is 10.9 Å². The summed E-state index contributed by atoms with van der Waals surface area (Å²) in [6.07, 6.45) is 3.47. The summed E-state index contributed by atoms with van der Waals surface area (Å²) in [6, 6.07) is 7.43. The number of carbonyl (C=O) groups excluding carboxylic acids is 1. The van der Waals surface area contributed by atoms with Crippen LogP contribution in [0.15, 0.2) is 24.3 Å². The fourth-order valence-electron chi connectivity index (χ4n) is 2.78. The van der Waals surface area contributed by atoms with Crippen LogP contribution in [0, 0.1) is 0 Å². The molecule has 4 nitrogen and oxygen atoms in total. The van der Waals surface area contributed by atoms with Crippen molar-refractivity contribution >= 4 is 28.4 Å². The maximum Gasteiger partial charge on any atom is 0.270 e. The maximum atomic E-state index is 12.5. The molecule has 1 aromatic heterocycles. The van der Waals surface area contributed by atoms with Gasteiger partial charge in [-0.2, -0.15) is 0 Å². The van der Waals surface area contributed by atoms with Crippen molar-refractivity contribution in [3.05, 3.63) is 35.0 Å². The monoisotopic (exact) mass is 306 g/mol. The predicted octanol–water partition coefficient (Wildman–Crippen LogP) is 3.46. The number of nitrogens with zero attached hydrogens (tertiary/aromatic N) is 1. The molecule has 1 fully saturated rings. The average Bonchev–Trinajstić information content (AvgIpc) is 2.93. The number of ether oxygens (including phenoxy) is 1. The number of aromatic amines is 1.